The van der Waals surface area contributed by atoms with Gasteiger partial charge in [-0.1, -0.05) is 48.5 Å². The molecule has 3 aromatic carbocycles. The number of alkyl halides is 1. The number of thiophene rings is 1. The van der Waals surface area contributed by atoms with Crippen LogP contribution in [0, 0.1) is 5.82 Å². The highest BCUT2D eigenvalue weighted by atomic mass is 32.1. The Morgan fingerprint density at radius 3 is 2.68 bits per heavy atom. The van der Waals surface area contributed by atoms with Gasteiger partial charge in [0.25, 0.3) is 5.91 Å². The zero-order valence-electron chi connectivity index (χ0n) is 16.9. The molecule has 4 rings (SSSR count). The standard InChI is InChI=1S/C25H21F2NO2S/c1-30-13-12-28-25(29)18-8-4-6-16(14-18)19-10-5-7-17-15-22(31-24(17)19)23(27)20-9-2-3-11-21(20)26/h2-11,14-15,23H,12-13H2,1H3,(H,28,29). The van der Waals surface area contributed by atoms with E-state index in [1.807, 2.05) is 36.4 Å². The van der Waals surface area contributed by atoms with Gasteiger partial charge in [-0.3, -0.25) is 4.79 Å². The predicted molar refractivity (Wildman–Crippen MR) is 121 cm³/mol. The maximum absolute atomic E-state index is 15.1. The first-order valence-corrected chi connectivity index (χ1v) is 10.7. The van der Waals surface area contributed by atoms with E-state index in [1.165, 1.54) is 23.5 Å². The lowest BCUT2D eigenvalue weighted by atomic mass is 10.0. The lowest BCUT2D eigenvalue weighted by Crippen LogP contribution is -2.26. The van der Waals surface area contributed by atoms with Gasteiger partial charge in [-0.25, -0.2) is 8.78 Å². The molecule has 0 spiro atoms. The summed E-state index contributed by atoms with van der Waals surface area (Å²) in [4.78, 5) is 12.8. The summed E-state index contributed by atoms with van der Waals surface area (Å²) in [6.07, 6.45) is -1.54. The number of carbonyl (C=O) groups excluding carboxylic acids is 1. The van der Waals surface area contributed by atoms with Gasteiger partial charge in [0.1, 0.15) is 5.82 Å². The lowest BCUT2D eigenvalue weighted by Gasteiger charge is -2.08. The minimum Gasteiger partial charge on any atom is -0.383 e. The molecule has 0 radical (unpaired) electrons. The van der Waals surface area contributed by atoms with E-state index in [4.69, 9.17) is 4.74 Å². The SMILES string of the molecule is COCCNC(=O)c1cccc(-c2cccc3cc(C(F)c4ccccc4F)sc23)c1. The summed E-state index contributed by atoms with van der Waals surface area (Å²) in [5, 5.41) is 3.69. The molecule has 6 heteroatoms. The number of ether oxygens (including phenoxy) is 1. The van der Waals surface area contributed by atoms with Crippen LogP contribution in [0.15, 0.2) is 72.8 Å². The fourth-order valence-electron chi connectivity index (χ4n) is 3.47. The second kappa shape index (κ2) is 9.37. The third-order valence-corrected chi connectivity index (χ3v) is 6.24. The van der Waals surface area contributed by atoms with Crippen molar-refractivity contribution in [3.63, 3.8) is 0 Å². The Morgan fingerprint density at radius 1 is 1.06 bits per heavy atom. The van der Waals surface area contributed by atoms with Crippen molar-refractivity contribution in [1.29, 1.82) is 0 Å². The first-order chi connectivity index (χ1) is 15.1. The molecular weight excluding hydrogens is 416 g/mol. The maximum atomic E-state index is 15.1. The molecule has 1 heterocycles. The zero-order chi connectivity index (χ0) is 21.8. The molecular formula is C25H21F2NO2S. The van der Waals surface area contributed by atoms with Crippen LogP contribution in [0.3, 0.4) is 0 Å². The molecule has 1 amide bonds. The topological polar surface area (TPSA) is 38.3 Å². The van der Waals surface area contributed by atoms with E-state index in [1.54, 1.807) is 31.4 Å². The number of amides is 1. The van der Waals surface area contributed by atoms with Crippen LogP contribution < -0.4 is 5.32 Å². The van der Waals surface area contributed by atoms with Crippen LogP contribution in [0.2, 0.25) is 0 Å². The van der Waals surface area contributed by atoms with Gasteiger partial charge >= 0.3 is 0 Å². The van der Waals surface area contributed by atoms with Crippen LogP contribution in [-0.2, 0) is 4.74 Å². The molecule has 0 saturated carbocycles. The molecule has 0 saturated heterocycles. The fraction of sp³-hybridized carbons (Fsp3) is 0.160. The van der Waals surface area contributed by atoms with Crippen LogP contribution in [-0.4, -0.2) is 26.2 Å². The molecule has 3 nitrogen and oxygen atoms in total. The van der Waals surface area contributed by atoms with Gasteiger partial charge in [0.05, 0.1) is 6.61 Å². The van der Waals surface area contributed by atoms with Crippen molar-refractivity contribution in [2.24, 2.45) is 0 Å². The summed E-state index contributed by atoms with van der Waals surface area (Å²) in [6, 6.07) is 20.8. The van der Waals surface area contributed by atoms with Gasteiger partial charge in [0.15, 0.2) is 6.17 Å². The van der Waals surface area contributed by atoms with Gasteiger partial charge in [0, 0.05) is 34.4 Å². The Bertz CT molecular complexity index is 1220. The highest BCUT2D eigenvalue weighted by Crippen LogP contribution is 2.40. The maximum Gasteiger partial charge on any atom is 0.251 e. The van der Waals surface area contributed by atoms with E-state index in [2.05, 4.69) is 5.32 Å². The molecule has 4 aromatic rings. The number of fused-ring (bicyclic) bond motifs is 1. The summed E-state index contributed by atoms with van der Waals surface area (Å²) >= 11 is 1.30. The molecule has 158 valence electrons. The molecule has 0 bridgehead atoms. The number of benzene rings is 3. The van der Waals surface area contributed by atoms with Crippen molar-refractivity contribution in [3.8, 4) is 11.1 Å². The number of hydrogen-bond acceptors (Lipinski definition) is 3. The van der Waals surface area contributed by atoms with Crippen LogP contribution in [0.4, 0.5) is 8.78 Å². The molecule has 1 unspecified atom stereocenters. The molecule has 1 N–H and O–H groups in total. The van der Waals surface area contributed by atoms with E-state index in [9.17, 15) is 9.18 Å². The van der Waals surface area contributed by atoms with Crippen molar-refractivity contribution >= 4 is 27.3 Å². The Morgan fingerprint density at radius 2 is 1.87 bits per heavy atom. The van der Waals surface area contributed by atoms with Crippen molar-refractivity contribution in [3.05, 3.63) is 94.6 Å². The second-order valence-electron chi connectivity index (χ2n) is 7.09. The highest BCUT2D eigenvalue weighted by molar-refractivity contribution is 7.19. The van der Waals surface area contributed by atoms with E-state index < -0.39 is 12.0 Å². The summed E-state index contributed by atoms with van der Waals surface area (Å²) in [5.41, 5.74) is 2.34. The number of methoxy groups -OCH3 is 1. The van der Waals surface area contributed by atoms with Crippen LogP contribution >= 0.6 is 11.3 Å². The lowest BCUT2D eigenvalue weighted by molar-refractivity contribution is 0.0937. The van der Waals surface area contributed by atoms with Gasteiger partial charge in [-0.15, -0.1) is 11.3 Å². The smallest absolute Gasteiger partial charge is 0.251 e. The summed E-state index contributed by atoms with van der Waals surface area (Å²) in [7, 11) is 1.58. The van der Waals surface area contributed by atoms with Crippen LogP contribution in [0.25, 0.3) is 21.2 Å². The van der Waals surface area contributed by atoms with Gasteiger partial charge < -0.3 is 10.1 Å². The largest absolute Gasteiger partial charge is 0.383 e. The van der Waals surface area contributed by atoms with E-state index in [0.717, 1.165) is 21.2 Å². The minimum atomic E-state index is -1.54. The fourth-order valence-corrected chi connectivity index (χ4v) is 4.66. The molecule has 0 aliphatic rings. The highest BCUT2D eigenvalue weighted by Gasteiger charge is 2.20. The Balaban J connectivity index is 1.69. The molecule has 31 heavy (non-hydrogen) atoms. The van der Waals surface area contributed by atoms with E-state index in [0.29, 0.717) is 23.6 Å². The van der Waals surface area contributed by atoms with Gasteiger partial charge in [-0.05, 0) is 40.8 Å². The Labute approximate surface area is 183 Å². The monoisotopic (exact) mass is 437 g/mol. The number of carbonyl (C=O) groups is 1. The van der Waals surface area contributed by atoms with Crippen molar-refractivity contribution in [2.75, 3.05) is 20.3 Å². The normalized spacial score (nSPS) is 12.1. The summed E-state index contributed by atoms with van der Waals surface area (Å²) in [6.45, 7) is 0.868. The average molecular weight is 438 g/mol. The zero-order valence-corrected chi connectivity index (χ0v) is 17.7. The van der Waals surface area contributed by atoms with Crippen molar-refractivity contribution in [1.82, 2.24) is 5.32 Å². The van der Waals surface area contributed by atoms with Crippen molar-refractivity contribution < 1.29 is 18.3 Å². The predicted octanol–water partition coefficient (Wildman–Crippen LogP) is 6.14. The molecule has 1 atom stereocenters. The number of hydrogen-bond donors (Lipinski definition) is 1. The summed E-state index contributed by atoms with van der Waals surface area (Å²) in [5.74, 6) is -0.735. The van der Waals surface area contributed by atoms with E-state index >= 15 is 4.39 Å². The van der Waals surface area contributed by atoms with Crippen molar-refractivity contribution in [2.45, 2.75) is 6.17 Å². The van der Waals surface area contributed by atoms with Gasteiger partial charge in [-0.2, -0.15) is 0 Å². The molecule has 0 aliphatic carbocycles. The summed E-state index contributed by atoms with van der Waals surface area (Å²) < 4.78 is 35.1. The number of rotatable bonds is 7. The van der Waals surface area contributed by atoms with Gasteiger partial charge in [0.2, 0.25) is 0 Å². The third-order valence-electron chi connectivity index (χ3n) is 5.02. The molecule has 0 aliphatic heterocycles. The van der Waals surface area contributed by atoms with Crippen LogP contribution in [0.5, 0.6) is 0 Å². The van der Waals surface area contributed by atoms with E-state index in [-0.39, 0.29) is 11.5 Å². The minimum absolute atomic E-state index is 0.0327. The van der Waals surface area contributed by atoms with Crippen LogP contribution in [0.1, 0.15) is 27.0 Å². The average Bonchev–Trinajstić information content (AvgIpc) is 3.23. The number of nitrogens with one attached hydrogen (secondary N) is 1. The quantitative estimate of drug-likeness (QED) is 0.353. The first-order valence-electron chi connectivity index (χ1n) is 9.87. The first kappa shape index (κ1) is 21.2. The molecule has 0 fully saturated rings. The Kier molecular flexibility index (Phi) is 6.39. The Hall–Kier alpha value is -3.09. The number of halogens is 2. The second-order valence-corrected chi connectivity index (χ2v) is 8.17. The molecule has 1 aromatic heterocycles. The third kappa shape index (κ3) is 4.50.